The molecular formula is C30H27O12+. The predicted octanol–water partition coefficient (Wildman–Crippen LogP) is 1.95. The topological polar surface area (TPSA) is 201 Å². The van der Waals surface area contributed by atoms with Gasteiger partial charge in [0.25, 0.3) is 0 Å². The molecule has 0 aromatic heterocycles. The maximum atomic E-state index is 11.9. The fourth-order valence-electron chi connectivity index (χ4n) is 4.32. The SMILES string of the molecule is O=c1cc2oc(-c3ccc(O)cc3)c(O[C@@H]3O[C@H](COC(=[OH+])C=Cc4ccc(O)cc4)[C@@H](O)[C@H](O)[C@H]3O)cc-2c(O)c1. The van der Waals surface area contributed by atoms with E-state index in [1.54, 1.807) is 12.1 Å². The summed E-state index contributed by atoms with van der Waals surface area (Å²) in [6.45, 7) is -0.448. The van der Waals surface area contributed by atoms with Crippen molar-refractivity contribution in [2.75, 3.05) is 6.61 Å². The first kappa shape index (κ1) is 28.6. The lowest BCUT2D eigenvalue weighted by molar-refractivity contribution is -0.276. The number of aromatic hydroxyl groups is 3. The Balaban J connectivity index is 1.38. The van der Waals surface area contributed by atoms with E-state index in [9.17, 15) is 40.2 Å². The van der Waals surface area contributed by atoms with Crippen LogP contribution in [-0.2, 0) is 9.47 Å². The Morgan fingerprint density at radius 3 is 2.24 bits per heavy atom. The first-order valence-corrected chi connectivity index (χ1v) is 12.7. The standard InChI is InChI=1S/C30H26O12/c31-17-6-1-15(2-7-17)3-10-25(35)39-14-24-26(36)27(37)28(38)30(42-24)41-23-13-20-21(34)11-19(33)12-22(20)40-29(23)16-4-8-18(32)9-5-16/h1-13,24,26-28,30-32,34,36-38H,14H2/p+1/t24-,26-,27+,28-,30-/m1/s1. The molecule has 3 aliphatic rings. The van der Waals surface area contributed by atoms with Gasteiger partial charge in [-0.1, -0.05) is 12.1 Å². The summed E-state index contributed by atoms with van der Waals surface area (Å²) in [5.41, 5.74) is 0.661. The van der Waals surface area contributed by atoms with Crippen LogP contribution in [0.25, 0.3) is 28.7 Å². The van der Waals surface area contributed by atoms with Gasteiger partial charge in [0, 0.05) is 17.7 Å². The van der Waals surface area contributed by atoms with E-state index in [4.69, 9.17) is 18.6 Å². The van der Waals surface area contributed by atoms with Crippen molar-refractivity contribution in [3.8, 4) is 45.6 Å². The molecule has 0 radical (unpaired) electrons. The summed E-state index contributed by atoms with van der Waals surface area (Å²) in [6, 6.07) is 15.4. The summed E-state index contributed by atoms with van der Waals surface area (Å²) in [5.74, 6) is -0.852. The van der Waals surface area contributed by atoms with Crippen LogP contribution in [0.2, 0.25) is 0 Å². The minimum atomic E-state index is -1.75. The number of phenolic OH excluding ortho intramolecular Hbond substituents is 3. The Bertz CT molecular complexity index is 1610. The van der Waals surface area contributed by atoms with Gasteiger partial charge >= 0.3 is 5.97 Å². The smallest absolute Gasteiger partial charge is 0.508 e. The zero-order valence-corrected chi connectivity index (χ0v) is 21.8. The van der Waals surface area contributed by atoms with Gasteiger partial charge in [-0.05, 0) is 54.1 Å². The molecule has 218 valence electrons. The van der Waals surface area contributed by atoms with E-state index in [-0.39, 0.29) is 40.1 Å². The maximum absolute atomic E-state index is 11.9. The molecule has 1 aliphatic carbocycles. The van der Waals surface area contributed by atoms with E-state index in [0.717, 1.165) is 6.07 Å². The van der Waals surface area contributed by atoms with Gasteiger partial charge in [-0.25, -0.2) is 0 Å². The number of esters is 1. The van der Waals surface area contributed by atoms with Crippen molar-refractivity contribution in [2.24, 2.45) is 0 Å². The summed E-state index contributed by atoms with van der Waals surface area (Å²) in [6.07, 6.45) is -5.22. The number of hydrogen-bond acceptors (Lipinski definition) is 11. The van der Waals surface area contributed by atoms with Crippen LogP contribution in [0.15, 0.2) is 82.0 Å². The highest BCUT2D eigenvalue weighted by atomic mass is 16.7. The van der Waals surface area contributed by atoms with Crippen LogP contribution < -0.4 is 10.2 Å². The fourth-order valence-corrected chi connectivity index (χ4v) is 4.32. The summed E-state index contributed by atoms with van der Waals surface area (Å²) in [7, 11) is 0. The number of benzene rings is 3. The lowest BCUT2D eigenvalue weighted by atomic mass is 9.99. The number of carbonyl (C=O) groups excluding carboxylic acids is 1. The molecular weight excluding hydrogens is 552 g/mol. The van der Waals surface area contributed by atoms with Gasteiger partial charge in [-0.2, -0.15) is 0 Å². The van der Waals surface area contributed by atoms with E-state index < -0.39 is 48.7 Å². The van der Waals surface area contributed by atoms with Gasteiger partial charge in [-0.3, -0.25) is 4.79 Å². The van der Waals surface area contributed by atoms with Gasteiger partial charge in [0.2, 0.25) is 12.9 Å². The molecule has 42 heavy (non-hydrogen) atoms. The maximum Gasteiger partial charge on any atom is 0.510 e. The molecule has 2 aromatic rings. The van der Waals surface area contributed by atoms with Gasteiger partial charge in [0.05, 0.1) is 11.6 Å². The van der Waals surface area contributed by atoms with E-state index in [2.05, 4.69) is 0 Å². The average Bonchev–Trinajstić information content (AvgIpc) is 2.97. The van der Waals surface area contributed by atoms with Crippen molar-refractivity contribution in [3.05, 3.63) is 88.6 Å². The predicted molar refractivity (Wildman–Crippen MR) is 148 cm³/mol. The molecule has 5 atom stereocenters. The highest BCUT2D eigenvalue weighted by molar-refractivity contribution is 5.88. The molecule has 0 amide bonds. The Morgan fingerprint density at radius 1 is 0.881 bits per heavy atom. The zero-order valence-electron chi connectivity index (χ0n) is 21.8. The van der Waals surface area contributed by atoms with E-state index in [0.29, 0.717) is 11.1 Å². The molecule has 0 saturated carbocycles. The van der Waals surface area contributed by atoms with E-state index in [1.165, 1.54) is 60.7 Å². The first-order valence-electron chi connectivity index (χ1n) is 12.7. The molecule has 0 bridgehead atoms. The van der Waals surface area contributed by atoms with Crippen molar-refractivity contribution < 1.29 is 54.1 Å². The van der Waals surface area contributed by atoms with Gasteiger partial charge in [0.15, 0.2) is 23.0 Å². The molecule has 0 spiro atoms. The number of fused-ring (bicyclic) bond motifs is 1. The Labute approximate surface area is 237 Å². The highest BCUT2D eigenvalue weighted by Crippen LogP contribution is 2.41. The lowest BCUT2D eigenvalue weighted by Crippen LogP contribution is -2.60. The third-order valence-electron chi connectivity index (χ3n) is 6.55. The number of rotatable bonds is 7. The van der Waals surface area contributed by atoms with Gasteiger partial charge in [-0.15, -0.1) is 0 Å². The molecule has 2 aliphatic heterocycles. The van der Waals surface area contributed by atoms with E-state index >= 15 is 0 Å². The molecule has 5 rings (SSSR count). The normalized spacial score (nSPS) is 22.3. The lowest BCUT2D eigenvalue weighted by Gasteiger charge is -2.39. The third-order valence-corrected chi connectivity index (χ3v) is 6.55. The van der Waals surface area contributed by atoms with Crippen LogP contribution in [0.4, 0.5) is 0 Å². The molecule has 2 aromatic carbocycles. The second-order valence-electron chi connectivity index (χ2n) is 9.55. The van der Waals surface area contributed by atoms with Crippen LogP contribution >= 0.6 is 0 Å². The number of phenols is 3. The number of aliphatic hydroxyl groups excluding tert-OH is 3. The molecule has 0 unspecified atom stereocenters. The first-order chi connectivity index (χ1) is 20.1. The summed E-state index contributed by atoms with van der Waals surface area (Å²) < 4.78 is 22.8. The van der Waals surface area contributed by atoms with Crippen LogP contribution in [-0.4, -0.2) is 78.7 Å². The van der Waals surface area contributed by atoms with Gasteiger partial charge < -0.3 is 54.1 Å². The van der Waals surface area contributed by atoms with Crippen LogP contribution in [0, 0.1) is 0 Å². The summed E-state index contributed by atoms with van der Waals surface area (Å²) in [5, 5.41) is 61.1. The van der Waals surface area contributed by atoms with Crippen molar-refractivity contribution >= 4 is 12.0 Å². The highest BCUT2D eigenvalue weighted by Gasteiger charge is 2.47. The number of hydrogen-bond donors (Lipinski definition) is 6. The molecule has 12 nitrogen and oxygen atoms in total. The van der Waals surface area contributed by atoms with Crippen molar-refractivity contribution in [3.63, 3.8) is 0 Å². The summed E-state index contributed by atoms with van der Waals surface area (Å²) in [4.78, 5) is 22.1. The summed E-state index contributed by atoms with van der Waals surface area (Å²) >= 11 is 0. The third kappa shape index (κ3) is 6.21. The molecule has 2 heterocycles. The number of ether oxygens (including phenoxy) is 3. The van der Waals surface area contributed by atoms with Crippen LogP contribution in [0.3, 0.4) is 0 Å². The van der Waals surface area contributed by atoms with E-state index in [1.807, 2.05) is 0 Å². The second kappa shape index (κ2) is 11.9. The Morgan fingerprint density at radius 2 is 1.55 bits per heavy atom. The zero-order chi connectivity index (χ0) is 30.0. The second-order valence-corrected chi connectivity index (χ2v) is 9.55. The quantitative estimate of drug-likeness (QED) is 0.106. The minimum absolute atomic E-state index is 0.0227. The monoisotopic (exact) mass is 579 g/mol. The molecule has 1 fully saturated rings. The van der Waals surface area contributed by atoms with Crippen molar-refractivity contribution in [1.29, 1.82) is 0 Å². The van der Waals surface area contributed by atoms with Crippen molar-refractivity contribution in [1.82, 2.24) is 0 Å². The van der Waals surface area contributed by atoms with Gasteiger partial charge in [0.1, 0.15) is 41.3 Å². The largest absolute Gasteiger partial charge is 0.510 e. The van der Waals surface area contributed by atoms with Crippen LogP contribution in [0.1, 0.15) is 5.56 Å². The average molecular weight is 580 g/mol. The minimum Gasteiger partial charge on any atom is -0.508 e. The molecule has 12 heteroatoms. The molecule has 7 N–H and O–H groups in total. The Hall–Kier alpha value is -4.88. The van der Waals surface area contributed by atoms with Crippen LogP contribution in [0.5, 0.6) is 23.0 Å². The number of aliphatic hydroxyl groups is 3. The Kier molecular flexibility index (Phi) is 8.13. The molecule has 1 saturated heterocycles. The van der Waals surface area contributed by atoms with Crippen molar-refractivity contribution in [2.45, 2.75) is 30.7 Å². The fraction of sp³-hybridized carbons (Fsp3) is 0.200.